The molecule has 0 saturated carbocycles. The third kappa shape index (κ3) is 7.79. The van der Waals surface area contributed by atoms with Gasteiger partial charge in [0.05, 0.1) is 52.7 Å². The van der Waals surface area contributed by atoms with Crippen molar-refractivity contribution in [2.75, 3.05) is 25.7 Å². The zero-order chi connectivity index (χ0) is 39.6. The molecule has 1 unspecified atom stereocenters. The van der Waals surface area contributed by atoms with Crippen molar-refractivity contribution in [3.05, 3.63) is 137 Å². The number of rotatable bonds is 11. The second kappa shape index (κ2) is 16.8. The highest BCUT2D eigenvalue weighted by Crippen LogP contribution is 2.49. The van der Waals surface area contributed by atoms with E-state index in [9.17, 15) is 14.7 Å². The summed E-state index contributed by atoms with van der Waals surface area (Å²) in [6, 6.07) is 24.8. The zero-order valence-electron chi connectivity index (χ0n) is 32.0. The van der Waals surface area contributed by atoms with Gasteiger partial charge in [-0.2, -0.15) is 4.57 Å². The lowest BCUT2D eigenvalue weighted by Crippen LogP contribution is -2.36. The third-order valence-corrected chi connectivity index (χ3v) is 14.6. The number of aromatic nitrogens is 2. The first-order valence-electron chi connectivity index (χ1n) is 18.8. The summed E-state index contributed by atoms with van der Waals surface area (Å²) >= 11 is 6.43. The van der Waals surface area contributed by atoms with Crippen LogP contribution in [0.15, 0.2) is 117 Å². The number of allylic oxidation sites excluding steroid dienone is 4. The van der Waals surface area contributed by atoms with Crippen LogP contribution in [0.2, 0.25) is 0 Å². The number of nitrogens with zero attached hydrogens (tertiary/aromatic N) is 3. The topological polar surface area (TPSA) is 87.7 Å². The largest absolute Gasteiger partial charge is 0.548 e. The number of thiazole rings is 2. The van der Waals surface area contributed by atoms with Gasteiger partial charge in [-0.05, 0) is 90.6 Å². The van der Waals surface area contributed by atoms with Crippen molar-refractivity contribution in [2.45, 2.75) is 50.6 Å². The Labute approximate surface area is 347 Å². The molecule has 1 aliphatic heterocycles. The summed E-state index contributed by atoms with van der Waals surface area (Å²) in [5, 5.41) is 16.1. The summed E-state index contributed by atoms with van der Waals surface area (Å²) in [6.45, 7) is 5.20. The van der Waals surface area contributed by atoms with E-state index in [1.807, 2.05) is 58.2 Å². The maximum atomic E-state index is 14.2. The number of aliphatic carboxylic acids is 1. The van der Waals surface area contributed by atoms with Crippen molar-refractivity contribution in [1.29, 1.82) is 0 Å². The van der Waals surface area contributed by atoms with E-state index >= 15 is 0 Å². The molecule has 12 heteroatoms. The molecule has 4 heterocycles. The second-order valence-corrected chi connectivity index (χ2v) is 17.8. The fourth-order valence-corrected chi connectivity index (χ4v) is 11.7. The summed E-state index contributed by atoms with van der Waals surface area (Å²) in [4.78, 5) is 30.3. The van der Waals surface area contributed by atoms with Gasteiger partial charge in [0.2, 0.25) is 5.52 Å². The van der Waals surface area contributed by atoms with Crippen molar-refractivity contribution in [3.8, 4) is 21.9 Å². The normalized spacial score (nSPS) is 17.5. The van der Waals surface area contributed by atoms with Gasteiger partial charge in [-0.15, -0.1) is 22.7 Å². The highest BCUT2D eigenvalue weighted by molar-refractivity contribution is 8.03. The summed E-state index contributed by atoms with van der Waals surface area (Å²) in [6.07, 6.45) is 11.9. The van der Waals surface area contributed by atoms with Crippen molar-refractivity contribution >= 4 is 85.4 Å². The molecule has 0 bridgehead atoms. The van der Waals surface area contributed by atoms with E-state index in [1.165, 1.54) is 16.9 Å². The number of carboxylic acid groups (broad SMARTS) is 1. The van der Waals surface area contributed by atoms with Crippen molar-refractivity contribution in [3.63, 3.8) is 0 Å². The lowest BCUT2D eigenvalue weighted by Gasteiger charge is -2.25. The summed E-state index contributed by atoms with van der Waals surface area (Å²) in [5.74, 6) is 0.393. The standard InChI is InChI=1S/C45H41N3O5S4/c1-5-46-34-25-35(52-3)36(53-4)26-39(34)56-40(46)15-10-16-41-47(6-2)45(51)44(57-41)32-21-28(20-31(23-32)29-12-8-7-9-13-29)22-42-48(27-43(49)50)33-24-30(17-18-38(33)55-42)37-14-11-19-54-37/h7-19,21-22,24-26,31H,5-6,20,23,27H2,1-4H3/b42-22-,44-32-. The van der Waals surface area contributed by atoms with Crippen molar-refractivity contribution < 1.29 is 23.9 Å². The SMILES string of the molecule is CCn1c(=O)/c(=C2C=C(/C=C3\Sc4ccc(-c5cccs5)cc4N3CC(=O)[O-])CC(c3ccccc3)C\2)s/c1=C/C=C/c1sc2cc(OC)c(OC)cc2[n+]1CC. The van der Waals surface area contributed by atoms with Crippen molar-refractivity contribution in [2.24, 2.45) is 0 Å². The van der Waals surface area contributed by atoms with Crippen LogP contribution in [0.5, 0.6) is 11.5 Å². The number of carbonyl (C=O) groups excluding carboxylic acids is 1. The monoisotopic (exact) mass is 831 g/mol. The number of thiophene rings is 1. The van der Waals surface area contributed by atoms with Crippen LogP contribution in [0.3, 0.4) is 0 Å². The Kier molecular flexibility index (Phi) is 11.4. The predicted molar refractivity (Wildman–Crippen MR) is 234 cm³/mol. The molecule has 8 rings (SSSR count). The molecule has 3 aromatic heterocycles. The van der Waals surface area contributed by atoms with Gasteiger partial charge in [0, 0.05) is 28.5 Å². The molecule has 0 amide bonds. The van der Waals surface area contributed by atoms with Crippen LogP contribution in [-0.2, 0) is 17.9 Å². The Morgan fingerprint density at radius 3 is 2.51 bits per heavy atom. The lowest BCUT2D eigenvalue weighted by molar-refractivity contribution is -0.665. The fraction of sp³-hybridized carbons (Fsp3) is 0.222. The van der Waals surface area contributed by atoms with Gasteiger partial charge in [-0.25, -0.2) is 0 Å². The van der Waals surface area contributed by atoms with Crippen molar-refractivity contribution in [1.82, 2.24) is 4.57 Å². The number of hydrogen-bond donors (Lipinski definition) is 0. The van der Waals surface area contributed by atoms with Gasteiger partial charge in [0.1, 0.15) is 11.2 Å². The molecular formula is C45H41N3O5S4. The number of anilines is 1. The van der Waals surface area contributed by atoms with E-state index in [0.29, 0.717) is 18.0 Å². The van der Waals surface area contributed by atoms with Gasteiger partial charge in [0.25, 0.3) is 10.6 Å². The average Bonchev–Trinajstić information content (AvgIpc) is 4.02. The maximum Gasteiger partial charge on any atom is 0.269 e. The average molecular weight is 832 g/mol. The van der Waals surface area contributed by atoms with E-state index in [2.05, 4.69) is 78.2 Å². The number of aryl methyl sites for hydroxylation is 1. The Balaban J connectivity index is 1.20. The highest BCUT2D eigenvalue weighted by atomic mass is 32.2. The third-order valence-electron chi connectivity index (χ3n) is 10.3. The molecule has 0 radical (unpaired) electrons. The van der Waals surface area contributed by atoms with Crippen LogP contribution in [0.25, 0.3) is 38.4 Å². The number of fused-ring (bicyclic) bond motifs is 2. The second-order valence-electron chi connectivity index (χ2n) is 13.7. The minimum Gasteiger partial charge on any atom is -0.548 e. The molecule has 57 heavy (non-hydrogen) atoms. The number of hydrogen-bond acceptors (Lipinski definition) is 10. The van der Waals surface area contributed by atoms with Crippen LogP contribution < -0.4 is 38.8 Å². The molecule has 6 aromatic rings. The number of carbonyl (C=O) groups is 1. The Morgan fingerprint density at radius 2 is 1.79 bits per heavy atom. The number of thioether (sulfide) groups is 1. The molecule has 290 valence electrons. The molecule has 1 aliphatic carbocycles. The van der Waals surface area contributed by atoms with E-state index in [4.69, 9.17) is 9.47 Å². The quantitative estimate of drug-likeness (QED) is 0.125. The predicted octanol–water partition coefficient (Wildman–Crippen LogP) is 7.55. The molecular weight excluding hydrogens is 791 g/mol. The van der Waals surface area contributed by atoms with Gasteiger partial charge in [0.15, 0.2) is 11.5 Å². The van der Waals surface area contributed by atoms with Crippen LogP contribution in [0, 0.1) is 0 Å². The number of methoxy groups -OCH3 is 2. The number of benzene rings is 3. The number of ether oxygens (including phenoxy) is 2. The first kappa shape index (κ1) is 38.7. The van der Waals surface area contributed by atoms with Crippen LogP contribution >= 0.6 is 45.8 Å². The van der Waals surface area contributed by atoms with Crippen LogP contribution in [0.1, 0.15) is 43.2 Å². The van der Waals surface area contributed by atoms with Gasteiger partial charge >= 0.3 is 0 Å². The Bertz CT molecular complexity index is 2760. The molecule has 2 aliphatic rings. The first-order chi connectivity index (χ1) is 27.8. The highest BCUT2D eigenvalue weighted by Gasteiger charge is 2.28. The Morgan fingerprint density at radius 1 is 0.982 bits per heavy atom. The van der Waals surface area contributed by atoms with E-state index in [1.54, 1.807) is 48.7 Å². The first-order valence-corrected chi connectivity index (χ1v) is 22.1. The molecule has 8 nitrogen and oxygen atoms in total. The summed E-state index contributed by atoms with van der Waals surface area (Å²) in [5.41, 5.74) is 6.23. The maximum absolute atomic E-state index is 14.2. The smallest absolute Gasteiger partial charge is 0.269 e. The molecule has 0 spiro atoms. The molecule has 0 N–H and O–H groups in total. The lowest BCUT2D eigenvalue weighted by atomic mass is 9.81. The summed E-state index contributed by atoms with van der Waals surface area (Å²) < 4.78 is 17.9. The van der Waals surface area contributed by atoms with E-state index in [0.717, 1.165) is 81.0 Å². The van der Waals surface area contributed by atoms with Crippen LogP contribution in [-0.4, -0.2) is 31.3 Å². The molecule has 3 aromatic carbocycles. The zero-order valence-corrected chi connectivity index (χ0v) is 35.3. The Hall–Kier alpha value is -5.14. The van der Waals surface area contributed by atoms with Gasteiger partial charge in [-0.1, -0.05) is 77.7 Å². The van der Waals surface area contributed by atoms with Gasteiger partial charge < -0.3 is 24.3 Å². The fourth-order valence-electron chi connectivity index (χ4n) is 7.58. The van der Waals surface area contributed by atoms with E-state index < -0.39 is 5.97 Å². The molecule has 0 fully saturated rings. The van der Waals surface area contributed by atoms with Gasteiger partial charge in [-0.3, -0.25) is 9.36 Å². The number of carboxylic acids is 1. The molecule has 0 saturated heterocycles. The molecule has 1 atom stereocenters. The van der Waals surface area contributed by atoms with E-state index in [-0.39, 0.29) is 18.0 Å². The minimum atomic E-state index is -1.14. The van der Waals surface area contributed by atoms with Crippen LogP contribution in [0.4, 0.5) is 5.69 Å². The summed E-state index contributed by atoms with van der Waals surface area (Å²) in [7, 11) is 3.29. The minimum absolute atomic E-state index is 0.00104.